The highest BCUT2D eigenvalue weighted by atomic mass is 19.2. The lowest BCUT2D eigenvalue weighted by atomic mass is 9.95. The van der Waals surface area contributed by atoms with Gasteiger partial charge in [-0.25, -0.2) is 13.2 Å². The Morgan fingerprint density at radius 3 is 2.40 bits per heavy atom. The largest absolute Gasteiger partial charge is 0.376 e. The molecule has 2 nitrogen and oxygen atoms in total. The van der Waals surface area contributed by atoms with Crippen molar-refractivity contribution < 1.29 is 22.6 Å². The Labute approximate surface area is 177 Å². The molecule has 1 fully saturated rings. The quantitative estimate of drug-likeness (QED) is 0.401. The van der Waals surface area contributed by atoms with Gasteiger partial charge in [-0.15, -0.1) is 0 Å². The molecule has 0 aliphatic carbocycles. The van der Waals surface area contributed by atoms with E-state index in [1.807, 2.05) is 6.92 Å². The normalized spacial score (nSPS) is 19.2. The fourth-order valence-electron chi connectivity index (χ4n) is 3.92. The van der Waals surface area contributed by atoms with Gasteiger partial charge in [-0.2, -0.15) is 0 Å². The maximum Gasteiger partial charge on any atom is 0.167 e. The van der Waals surface area contributed by atoms with Crippen molar-refractivity contribution in [3.8, 4) is 11.1 Å². The van der Waals surface area contributed by atoms with Crippen molar-refractivity contribution in [3.63, 3.8) is 0 Å². The summed E-state index contributed by atoms with van der Waals surface area (Å²) in [6.45, 7) is 5.18. The lowest BCUT2D eigenvalue weighted by Crippen LogP contribution is -2.28. The molecule has 0 bridgehead atoms. The minimum absolute atomic E-state index is 0.00156. The lowest BCUT2D eigenvalue weighted by Gasteiger charge is -2.29. The van der Waals surface area contributed by atoms with Crippen LogP contribution in [0.1, 0.15) is 69.6 Å². The molecule has 0 amide bonds. The Bertz CT molecular complexity index is 829. The molecule has 0 radical (unpaired) electrons. The summed E-state index contributed by atoms with van der Waals surface area (Å²) in [4.78, 5) is 0. The van der Waals surface area contributed by atoms with Gasteiger partial charge in [0.1, 0.15) is 5.82 Å². The summed E-state index contributed by atoms with van der Waals surface area (Å²) < 4.78 is 55.7. The van der Waals surface area contributed by atoms with Gasteiger partial charge in [-0.1, -0.05) is 51.0 Å². The highest BCUT2D eigenvalue weighted by Gasteiger charge is 2.28. The summed E-state index contributed by atoms with van der Waals surface area (Å²) in [7, 11) is 0. The van der Waals surface area contributed by atoms with Crippen molar-refractivity contribution in [2.75, 3.05) is 13.2 Å². The molecule has 2 unspecified atom stereocenters. The lowest BCUT2D eigenvalue weighted by molar-refractivity contribution is -0.0875. The first kappa shape index (κ1) is 22.8. The Kier molecular flexibility index (Phi) is 8.34. The number of ether oxygens (including phenoxy) is 2. The molecular weight excluding hydrogens is 389 g/mol. The average Bonchev–Trinajstić information content (AvgIpc) is 2.75. The first-order valence-electron chi connectivity index (χ1n) is 11.0. The number of halogens is 3. The molecule has 0 spiro atoms. The minimum atomic E-state index is -1.03. The van der Waals surface area contributed by atoms with Crippen LogP contribution in [0.25, 0.3) is 11.1 Å². The van der Waals surface area contributed by atoms with E-state index in [2.05, 4.69) is 6.92 Å². The van der Waals surface area contributed by atoms with E-state index in [-0.39, 0.29) is 22.8 Å². The first-order valence-corrected chi connectivity index (χ1v) is 11.0. The van der Waals surface area contributed by atoms with Gasteiger partial charge >= 0.3 is 0 Å². The van der Waals surface area contributed by atoms with Crippen molar-refractivity contribution in [3.05, 3.63) is 58.9 Å². The number of unbranched alkanes of at least 4 members (excludes halogenated alkanes) is 2. The third-order valence-electron chi connectivity index (χ3n) is 5.64. The average molecular weight is 421 g/mol. The molecule has 30 heavy (non-hydrogen) atoms. The van der Waals surface area contributed by atoms with E-state index in [9.17, 15) is 13.2 Å². The summed E-state index contributed by atoms with van der Waals surface area (Å²) in [5.74, 6) is -2.52. The van der Waals surface area contributed by atoms with Gasteiger partial charge < -0.3 is 9.47 Å². The minimum Gasteiger partial charge on any atom is -0.376 e. The van der Waals surface area contributed by atoms with E-state index in [0.29, 0.717) is 19.6 Å². The fraction of sp³-hybridized carbons (Fsp3) is 0.520. The summed E-state index contributed by atoms with van der Waals surface area (Å²) >= 11 is 0. The van der Waals surface area contributed by atoms with Gasteiger partial charge in [0.05, 0.1) is 18.8 Å². The molecule has 3 rings (SSSR count). The zero-order valence-electron chi connectivity index (χ0n) is 17.9. The van der Waals surface area contributed by atoms with Crippen LogP contribution in [-0.4, -0.2) is 19.3 Å². The Morgan fingerprint density at radius 2 is 1.73 bits per heavy atom. The molecule has 2 atom stereocenters. The van der Waals surface area contributed by atoms with Crippen LogP contribution in [-0.2, 0) is 15.9 Å². The number of rotatable bonds is 9. The highest BCUT2D eigenvalue weighted by Crippen LogP contribution is 2.35. The summed E-state index contributed by atoms with van der Waals surface area (Å²) in [5, 5.41) is 0. The standard InChI is InChI=1S/C25H31F3O2/c1-3-5-6-7-17-8-10-19(22(26)15-17)20-11-12-21(25(28)24(20)27)23-13-9-18(16-30-23)29-14-4-2/h8,10-12,15,18,23H,3-7,9,13-14,16H2,1-2H3. The number of hydrogen-bond donors (Lipinski definition) is 0. The summed E-state index contributed by atoms with van der Waals surface area (Å²) in [6.07, 6.45) is 5.65. The van der Waals surface area contributed by atoms with Gasteiger partial charge in [0.2, 0.25) is 0 Å². The summed E-state index contributed by atoms with van der Waals surface area (Å²) in [5.41, 5.74) is 1.07. The molecular formula is C25H31F3O2. The van der Waals surface area contributed by atoms with E-state index in [1.54, 1.807) is 12.1 Å². The second kappa shape index (κ2) is 11.0. The summed E-state index contributed by atoms with van der Waals surface area (Å²) in [6, 6.07) is 7.73. The van der Waals surface area contributed by atoms with Crippen molar-refractivity contribution in [1.29, 1.82) is 0 Å². The molecule has 1 heterocycles. The van der Waals surface area contributed by atoms with E-state index < -0.39 is 23.6 Å². The smallest absolute Gasteiger partial charge is 0.167 e. The van der Waals surface area contributed by atoms with Crippen LogP contribution in [0.3, 0.4) is 0 Å². The monoisotopic (exact) mass is 420 g/mol. The molecule has 0 N–H and O–H groups in total. The third-order valence-corrected chi connectivity index (χ3v) is 5.64. The van der Waals surface area contributed by atoms with E-state index in [4.69, 9.17) is 9.47 Å². The van der Waals surface area contributed by atoms with Crippen LogP contribution >= 0.6 is 0 Å². The van der Waals surface area contributed by atoms with Crippen LogP contribution in [0.2, 0.25) is 0 Å². The van der Waals surface area contributed by atoms with Gasteiger partial charge in [-0.3, -0.25) is 0 Å². The zero-order valence-corrected chi connectivity index (χ0v) is 17.9. The second-order valence-corrected chi connectivity index (χ2v) is 7.99. The first-order chi connectivity index (χ1) is 14.5. The van der Waals surface area contributed by atoms with Crippen LogP contribution < -0.4 is 0 Å². The maximum absolute atomic E-state index is 14.9. The highest BCUT2D eigenvalue weighted by molar-refractivity contribution is 5.66. The molecule has 2 aromatic carbocycles. The van der Waals surface area contributed by atoms with Crippen molar-refractivity contribution >= 4 is 0 Å². The second-order valence-electron chi connectivity index (χ2n) is 7.99. The van der Waals surface area contributed by atoms with E-state index in [1.165, 1.54) is 18.2 Å². The van der Waals surface area contributed by atoms with Crippen LogP contribution in [0.4, 0.5) is 13.2 Å². The predicted molar refractivity (Wildman–Crippen MR) is 113 cm³/mol. The molecule has 1 saturated heterocycles. The van der Waals surface area contributed by atoms with Gasteiger partial charge in [0.25, 0.3) is 0 Å². The predicted octanol–water partition coefficient (Wildman–Crippen LogP) is 7.15. The molecule has 1 aliphatic heterocycles. The fourth-order valence-corrected chi connectivity index (χ4v) is 3.92. The molecule has 1 aliphatic rings. The molecule has 5 heteroatoms. The van der Waals surface area contributed by atoms with Gasteiger partial charge in [0, 0.05) is 23.3 Å². The van der Waals surface area contributed by atoms with Gasteiger partial charge in [0.15, 0.2) is 11.6 Å². The SMILES string of the molecule is CCCCCc1ccc(-c2ccc(C3CCC(OCCC)CO3)c(F)c2F)c(F)c1. The van der Waals surface area contributed by atoms with Gasteiger partial charge in [-0.05, 0) is 43.7 Å². The Hall–Kier alpha value is -1.85. The Morgan fingerprint density at radius 1 is 0.933 bits per heavy atom. The Balaban J connectivity index is 1.74. The third kappa shape index (κ3) is 5.44. The van der Waals surface area contributed by atoms with Crippen molar-refractivity contribution in [1.82, 2.24) is 0 Å². The zero-order chi connectivity index (χ0) is 21.5. The van der Waals surface area contributed by atoms with Crippen molar-refractivity contribution in [2.24, 2.45) is 0 Å². The van der Waals surface area contributed by atoms with Crippen LogP contribution in [0.15, 0.2) is 30.3 Å². The van der Waals surface area contributed by atoms with E-state index >= 15 is 0 Å². The number of hydrogen-bond acceptors (Lipinski definition) is 2. The molecule has 164 valence electrons. The number of aryl methyl sites for hydroxylation is 1. The maximum atomic E-state index is 14.9. The number of benzene rings is 2. The van der Waals surface area contributed by atoms with Crippen LogP contribution in [0.5, 0.6) is 0 Å². The molecule has 0 aromatic heterocycles. The topological polar surface area (TPSA) is 18.5 Å². The molecule has 2 aromatic rings. The van der Waals surface area contributed by atoms with E-state index in [0.717, 1.165) is 44.1 Å². The van der Waals surface area contributed by atoms with Crippen LogP contribution in [0, 0.1) is 17.5 Å². The molecule has 0 saturated carbocycles. The van der Waals surface area contributed by atoms with Crippen molar-refractivity contribution in [2.45, 2.75) is 71.0 Å².